The van der Waals surface area contributed by atoms with Gasteiger partial charge in [0.25, 0.3) is 0 Å². The van der Waals surface area contributed by atoms with Crippen LogP contribution in [0.25, 0.3) is 0 Å². The lowest BCUT2D eigenvalue weighted by Crippen LogP contribution is -2.42. The van der Waals surface area contributed by atoms with Gasteiger partial charge in [-0.3, -0.25) is 9.59 Å². The van der Waals surface area contributed by atoms with Crippen molar-refractivity contribution < 1.29 is 44.1 Å². The van der Waals surface area contributed by atoms with Crippen molar-refractivity contribution in [1.29, 1.82) is 0 Å². The lowest BCUT2D eigenvalue weighted by molar-refractivity contribution is -0.393. The molecule has 3 unspecified atom stereocenters. The standard InChI is InChI=1S/C16H27NO9/c1-4-8-23-25-12(3)16(26-24-9-5-2)13(18)11-22-15(21)6-7-17-10-14(19)20/h4-5,12-13,16-18H,1-2,6-11H2,3H3,(H,19,20). The van der Waals surface area contributed by atoms with Crippen LogP contribution in [0.2, 0.25) is 0 Å². The van der Waals surface area contributed by atoms with Gasteiger partial charge in [0.05, 0.1) is 13.0 Å². The molecule has 0 aromatic heterocycles. The summed E-state index contributed by atoms with van der Waals surface area (Å²) in [5, 5.41) is 21.2. The minimum Gasteiger partial charge on any atom is -0.480 e. The lowest BCUT2D eigenvalue weighted by atomic mass is 10.1. The van der Waals surface area contributed by atoms with Gasteiger partial charge in [-0.05, 0) is 6.92 Å². The van der Waals surface area contributed by atoms with Crippen LogP contribution in [-0.2, 0) is 33.9 Å². The Labute approximate surface area is 152 Å². The number of aliphatic hydroxyl groups is 1. The highest BCUT2D eigenvalue weighted by Crippen LogP contribution is 2.11. The number of nitrogens with one attached hydrogen (secondary N) is 1. The number of rotatable bonds is 17. The molecule has 3 N–H and O–H groups in total. The van der Waals surface area contributed by atoms with Crippen molar-refractivity contribution in [2.75, 3.05) is 32.9 Å². The molecular formula is C16H27NO9. The summed E-state index contributed by atoms with van der Waals surface area (Å²) in [7, 11) is 0. The van der Waals surface area contributed by atoms with Gasteiger partial charge >= 0.3 is 11.9 Å². The molecule has 26 heavy (non-hydrogen) atoms. The maximum Gasteiger partial charge on any atom is 0.317 e. The van der Waals surface area contributed by atoms with Crippen LogP contribution in [0.3, 0.4) is 0 Å². The van der Waals surface area contributed by atoms with E-state index in [1.54, 1.807) is 6.92 Å². The van der Waals surface area contributed by atoms with Gasteiger partial charge < -0.3 is 20.3 Å². The summed E-state index contributed by atoms with van der Waals surface area (Å²) in [4.78, 5) is 41.7. The van der Waals surface area contributed by atoms with Crippen LogP contribution in [0.5, 0.6) is 0 Å². The van der Waals surface area contributed by atoms with E-state index in [0.717, 1.165) is 0 Å². The molecule has 0 fully saturated rings. The zero-order valence-corrected chi connectivity index (χ0v) is 14.8. The summed E-state index contributed by atoms with van der Waals surface area (Å²) in [5.74, 6) is -1.63. The second-order valence-electron chi connectivity index (χ2n) is 5.08. The average molecular weight is 377 g/mol. The first-order valence-corrected chi connectivity index (χ1v) is 7.96. The van der Waals surface area contributed by atoms with Crippen LogP contribution in [0.15, 0.2) is 25.3 Å². The molecule has 0 aliphatic carbocycles. The van der Waals surface area contributed by atoms with Crippen LogP contribution in [0.4, 0.5) is 0 Å². The molecule has 0 aromatic rings. The van der Waals surface area contributed by atoms with Gasteiger partial charge in [-0.15, -0.1) is 13.2 Å². The molecule has 0 bridgehead atoms. The van der Waals surface area contributed by atoms with E-state index < -0.39 is 30.3 Å². The Hall–Kier alpha value is -1.82. The number of carboxylic acid groups (broad SMARTS) is 1. The van der Waals surface area contributed by atoms with Crippen molar-refractivity contribution >= 4 is 11.9 Å². The fraction of sp³-hybridized carbons (Fsp3) is 0.625. The molecular weight excluding hydrogens is 350 g/mol. The van der Waals surface area contributed by atoms with E-state index in [-0.39, 0.29) is 39.3 Å². The summed E-state index contributed by atoms with van der Waals surface area (Å²) in [6, 6.07) is 0. The Morgan fingerprint density at radius 1 is 1.15 bits per heavy atom. The maximum absolute atomic E-state index is 11.6. The minimum absolute atomic E-state index is 0.0486. The fourth-order valence-corrected chi connectivity index (χ4v) is 1.60. The Kier molecular flexibility index (Phi) is 14.4. The van der Waals surface area contributed by atoms with Crippen molar-refractivity contribution in [2.45, 2.75) is 31.7 Å². The van der Waals surface area contributed by atoms with Crippen LogP contribution in [0, 0.1) is 0 Å². The number of esters is 1. The van der Waals surface area contributed by atoms with Crippen LogP contribution in [0.1, 0.15) is 13.3 Å². The van der Waals surface area contributed by atoms with Gasteiger partial charge in [0, 0.05) is 6.54 Å². The van der Waals surface area contributed by atoms with E-state index in [1.165, 1.54) is 12.2 Å². The highest BCUT2D eigenvalue weighted by Gasteiger charge is 2.30. The Bertz CT molecular complexity index is 430. The average Bonchev–Trinajstić information content (AvgIpc) is 2.60. The Morgan fingerprint density at radius 3 is 2.35 bits per heavy atom. The van der Waals surface area contributed by atoms with Crippen molar-refractivity contribution in [2.24, 2.45) is 0 Å². The molecule has 0 spiro atoms. The van der Waals surface area contributed by atoms with Gasteiger partial charge in [0.15, 0.2) is 6.10 Å². The van der Waals surface area contributed by atoms with Crippen LogP contribution < -0.4 is 5.32 Å². The smallest absolute Gasteiger partial charge is 0.317 e. The number of aliphatic carboxylic acids is 1. The summed E-state index contributed by atoms with van der Waals surface area (Å²) < 4.78 is 4.93. The number of ether oxygens (including phenoxy) is 1. The zero-order valence-electron chi connectivity index (χ0n) is 14.8. The van der Waals surface area contributed by atoms with Gasteiger partial charge in [0.2, 0.25) is 0 Å². The van der Waals surface area contributed by atoms with Gasteiger partial charge in [-0.1, -0.05) is 12.2 Å². The number of hydrogen-bond donors (Lipinski definition) is 3. The van der Waals surface area contributed by atoms with Crippen molar-refractivity contribution in [1.82, 2.24) is 5.32 Å². The molecule has 0 aliphatic rings. The number of hydrogen-bond acceptors (Lipinski definition) is 9. The summed E-state index contributed by atoms with van der Waals surface area (Å²) in [6.07, 6.45) is -0.116. The molecule has 150 valence electrons. The molecule has 10 nitrogen and oxygen atoms in total. The van der Waals surface area contributed by atoms with Gasteiger partial charge in [0.1, 0.15) is 32.0 Å². The van der Waals surface area contributed by atoms with E-state index in [4.69, 9.17) is 29.4 Å². The molecule has 3 atom stereocenters. The SMILES string of the molecule is C=CCOOC(C)C(OOCC=C)C(O)COC(=O)CCNCC(=O)O. The van der Waals surface area contributed by atoms with Crippen LogP contribution >= 0.6 is 0 Å². The van der Waals surface area contributed by atoms with E-state index >= 15 is 0 Å². The van der Waals surface area contributed by atoms with Crippen LogP contribution in [-0.4, -0.2) is 73.4 Å². The minimum atomic E-state index is -1.25. The lowest BCUT2D eigenvalue weighted by Gasteiger charge is -2.26. The molecule has 0 aliphatic heterocycles. The highest BCUT2D eigenvalue weighted by molar-refractivity contribution is 5.70. The predicted octanol–water partition coefficient (Wildman–Crippen LogP) is -0.0197. The molecule has 10 heteroatoms. The molecule has 0 saturated carbocycles. The largest absolute Gasteiger partial charge is 0.480 e. The summed E-state index contributed by atoms with van der Waals surface area (Å²) in [6.45, 7) is 8.25. The third-order valence-corrected chi connectivity index (χ3v) is 2.81. The van der Waals surface area contributed by atoms with Crippen molar-refractivity contribution in [3.63, 3.8) is 0 Å². The molecule has 0 radical (unpaired) electrons. The Balaban J connectivity index is 4.34. The molecule has 0 amide bonds. The first-order chi connectivity index (χ1) is 12.4. The number of aliphatic hydroxyl groups excluding tert-OH is 1. The predicted molar refractivity (Wildman–Crippen MR) is 89.8 cm³/mol. The Morgan fingerprint density at radius 2 is 1.77 bits per heavy atom. The number of carbonyl (C=O) groups excluding carboxylic acids is 1. The first-order valence-electron chi connectivity index (χ1n) is 7.96. The molecule has 0 rings (SSSR count). The van der Waals surface area contributed by atoms with E-state index in [2.05, 4.69) is 18.5 Å². The third kappa shape index (κ3) is 12.5. The first kappa shape index (κ1) is 24.2. The number of carbonyl (C=O) groups is 2. The van der Waals surface area contributed by atoms with E-state index in [1.807, 2.05) is 0 Å². The summed E-state index contributed by atoms with van der Waals surface area (Å²) in [5.41, 5.74) is 0. The zero-order chi connectivity index (χ0) is 19.8. The van der Waals surface area contributed by atoms with Gasteiger partial charge in [-0.25, -0.2) is 19.6 Å². The molecule has 0 aromatic carbocycles. The van der Waals surface area contributed by atoms with Crippen molar-refractivity contribution in [3.05, 3.63) is 25.3 Å². The fourth-order valence-electron chi connectivity index (χ4n) is 1.60. The molecule has 0 saturated heterocycles. The normalized spacial score (nSPS) is 14.2. The highest BCUT2D eigenvalue weighted by atomic mass is 17.2. The molecule has 0 heterocycles. The topological polar surface area (TPSA) is 133 Å². The monoisotopic (exact) mass is 377 g/mol. The van der Waals surface area contributed by atoms with E-state index in [9.17, 15) is 14.7 Å². The maximum atomic E-state index is 11.6. The quantitative estimate of drug-likeness (QED) is 0.104. The third-order valence-electron chi connectivity index (χ3n) is 2.81. The summed E-state index contributed by atoms with van der Waals surface area (Å²) >= 11 is 0. The van der Waals surface area contributed by atoms with E-state index in [0.29, 0.717) is 0 Å². The van der Waals surface area contributed by atoms with Gasteiger partial charge in [-0.2, -0.15) is 0 Å². The number of carboxylic acids is 1. The van der Waals surface area contributed by atoms with Crippen molar-refractivity contribution in [3.8, 4) is 0 Å². The second-order valence-corrected chi connectivity index (χ2v) is 5.08. The second kappa shape index (κ2) is 15.4.